The largest absolute Gasteiger partial charge is 0.480 e. The molecule has 7 heteroatoms. The number of hydrogen-bond acceptors (Lipinski definition) is 4. The van der Waals surface area contributed by atoms with Gasteiger partial charge in [0.25, 0.3) is 11.5 Å². The second-order valence-electron chi connectivity index (χ2n) is 5.02. The molecule has 0 radical (unpaired) electrons. The third kappa shape index (κ3) is 3.90. The Kier molecular flexibility index (Phi) is 5.63. The van der Waals surface area contributed by atoms with Gasteiger partial charge in [-0.2, -0.15) is 5.10 Å². The van der Waals surface area contributed by atoms with Crippen molar-refractivity contribution in [2.75, 3.05) is 0 Å². The first-order valence-corrected chi connectivity index (χ1v) is 6.87. The number of nitrogens with zero attached hydrogens (tertiary/aromatic N) is 2. The second-order valence-corrected chi connectivity index (χ2v) is 5.02. The number of unbranched alkanes of at least 4 members (excludes halogenated alkanes) is 1. The first-order chi connectivity index (χ1) is 9.79. The zero-order chi connectivity index (χ0) is 16.2. The zero-order valence-corrected chi connectivity index (χ0v) is 12.8. The Morgan fingerprint density at radius 1 is 1.38 bits per heavy atom. The Morgan fingerprint density at radius 3 is 2.52 bits per heavy atom. The maximum atomic E-state index is 12.3. The standard InChI is InChI=1S/C14H21N3O4/c1-5-6-7-10(14(20)21)15-12(18)11-8(2)9(3)16-17(4)13(11)19/h10H,5-7H2,1-4H3,(H,15,18)(H,20,21). The number of rotatable bonds is 6. The van der Waals surface area contributed by atoms with Gasteiger partial charge in [0, 0.05) is 7.05 Å². The molecular weight excluding hydrogens is 274 g/mol. The number of carboxylic acids is 1. The molecule has 116 valence electrons. The average molecular weight is 295 g/mol. The fourth-order valence-electron chi connectivity index (χ4n) is 2.01. The highest BCUT2D eigenvalue weighted by Crippen LogP contribution is 2.08. The number of aliphatic carboxylic acids is 1. The van der Waals surface area contributed by atoms with Crippen molar-refractivity contribution in [2.24, 2.45) is 7.05 Å². The van der Waals surface area contributed by atoms with Gasteiger partial charge in [0.1, 0.15) is 11.6 Å². The minimum Gasteiger partial charge on any atom is -0.480 e. The summed E-state index contributed by atoms with van der Waals surface area (Å²) in [6, 6.07) is -0.991. The van der Waals surface area contributed by atoms with Crippen LogP contribution in [0.15, 0.2) is 4.79 Å². The maximum absolute atomic E-state index is 12.3. The molecule has 0 aliphatic rings. The number of carbonyl (C=O) groups is 2. The number of carbonyl (C=O) groups excluding carboxylic acids is 1. The molecule has 0 saturated heterocycles. The van der Waals surface area contributed by atoms with Crippen molar-refractivity contribution in [3.63, 3.8) is 0 Å². The number of hydrogen-bond donors (Lipinski definition) is 2. The lowest BCUT2D eigenvalue weighted by Crippen LogP contribution is -2.44. The van der Waals surface area contributed by atoms with Crippen molar-refractivity contribution in [2.45, 2.75) is 46.1 Å². The molecule has 0 fully saturated rings. The van der Waals surface area contributed by atoms with Gasteiger partial charge in [-0.1, -0.05) is 19.8 Å². The van der Waals surface area contributed by atoms with E-state index in [9.17, 15) is 14.4 Å². The molecule has 0 aliphatic carbocycles. The molecule has 1 rings (SSSR count). The quantitative estimate of drug-likeness (QED) is 0.807. The molecule has 1 atom stereocenters. The average Bonchev–Trinajstić information content (AvgIpc) is 2.41. The Bertz CT molecular complexity index is 607. The molecule has 1 unspecified atom stereocenters. The van der Waals surface area contributed by atoms with Crippen LogP contribution in [0.1, 0.15) is 47.8 Å². The van der Waals surface area contributed by atoms with Gasteiger partial charge in [-0.05, 0) is 25.8 Å². The highest BCUT2D eigenvalue weighted by Gasteiger charge is 2.24. The third-order valence-corrected chi connectivity index (χ3v) is 3.40. The second kappa shape index (κ2) is 7.01. The van der Waals surface area contributed by atoms with E-state index < -0.39 is 23.5 Å². The van der Waals surface area contributed by atoms with Crippen LogP contribution in [0.5, 0.6) is 0 Å². The third-order valence-electron chi connectivity index (χ3n) is 3.40. The Morgan fingerprint density at radius 2 is 2.00 bits per heavy atom. The molecule has 1 aromatic rings. The summed E-state index contributed by atoms with van der Waals surface area (Å²) >= 11 is 0. The minimum absolute atomic E-state index is 0.0484. The zero-order valence-electron chi connectivity index (χ0n) is 12.8. The van der Waals surface area contributed by atoms with Crippen molar-refractivity contribution >= 4 is 11.9 Å². The predicted octanol–water partition coefficient (Wildman–Crippen LogP) is 0.770. The number of amides is 1. The predicted molar refractivity (Wildman–Crippen MR) is 77.4 cm³/mol. The molecule has 0 spiro atoms. The normalized spacial score (nSPS) is 12.0. The summed E-state index contributed by atoms with van der Waals surface area (Å²) in [5, 5.41) is 15.5. The smallest absolute Gasteiger partial charge is 0.326 e. The van der Waals surface area contributed by atoms with Gasteiger partial charge in [-0.3, -0.25) is 9.59 Å². The van der Waals surface area contributed by atoms with Crippen LogP contribution in [0.3, 0.4) is 0 Å². The molecule has 0 aliphatic heterocycles. The van der Waals surface area contributed by atoms with E-state index in [1.54, 1.807) is 13.8 Å². The van der Waals surface area contributed by atoms with Crippen LogP contribution in [0.4, 0.5) is 0 Å². The van der Waals surface area contributed by atoms with Gasteiger partial charge in [-0.25, -0.2) is 9.48 Å². The molecule has 1 aromatic heterocycles. The highest BCUT2D eigenvalue weighted by molar-refractivity contribution is 5.97. The molecular formula is C14H21N3O4. The molecule has 0 bridgehead atoms. The van der Waals surface area contributed by atoms with E-state index in [-0.39, 0.29) is 5.56 Å². The van der Waals surface area contributed by atoms with E-state index in [0.717, 1.165) is 11.1 Å². The van der Waals surface area contributed by atoms with Crippen LogP contribution in [0.2, 0.25) is 0 Å². The van der Waals surface area contributed by atoms with Gasteiger partial charge >= 0.3 is 5.97 Å². The van der Waals surface area contributed by atoms with E-state index >= 15 is 0 Å². The van der Waals surface area contributed by atoms with Gasteiger partial charge < -0.3 is 10.4 Å². The monoisotopic (exact) mass is 295 g/mol. The van der Waals surface area contributed by atoms with E-state index in [2.05, 4.69) is 10.4 Å². The van der Waals surface area contributed by atoms with E-state index in [4.69, 9.17) is 5.11 Å². The lowest BCUT2D eigenvalue weighted by molar-refractivity contribution is -0.139. The molecule has 0 aromatic carbocycles. The Hall–Kier alpha value is -2.18. The molecule has 21 heavy (non-hydrogen) atoms. The number of aromatic nitrogens is 2. The van der Waals surface area contributed by atoms with Gasteiger partial charge in [0.2, 0.25) is 0 Å². The highest BCUT2D eigenvalue weighted by atomic mass is 16.4. The summed E-state index contributed by atoms with van der Waals surface area (Å²) in [5.41, 5.74) is 0.445. The van der Waals surface area contributed by atoms with Crippen molar-refractivity contribution in [1.29, 1.82) is 0 Å². The first-order valence-electron chi connectivity index (χ1n) is 6.87. The summed E-state index contributed by atoms with van der Waals surface area (Å²) in [5.74, 6) is -1.76. The molecule has 2 N–H and O–H groups in total. The Balaban J connectivity index is 3.09. The van der Waals surface area contributed by atoms with Crippen LogP contribution >= 0.6 is 0 Å². The molecule has 1 amide bonds. The van der Waals surface area contributed by atoms with E-state index in [0.29, 0.717) is 24.1 Å². The summed E-state index contributed by atoms with van der Waals surface area (Å²) in [6.07, 6.45) is 1.85. The van der Waals surface area contributed by atoms with Crippen LogP contribution in [-0.4, -0.2) is 32.8 Å². The SMILES string of the molecule is CCCCC(NC(=O)c1c(C)c(C)nn(C)c1=O)C(=O)O. The lowest BCUT2D eigenvalue weighted by Gasteiger charge is -2.15. The summed E-state index contributed by atoms with van der Waals surface area (Å²) in [6.45, 7) is 5.25. The van der Waals surface area contributed by atoms with Crippen molar-refractivity contribution in [1.82, 2.24) is 15.1 Å². The van der Waals surface area contributed by atoms with Gasteiger partial charge in [-0.15, -0.1) is 0 Å². The summed E-state index contributed by atoms with van der Waals surface area (Å²) in [4.78, 5) is 35.5. The van der Waals surface area contributed by atoms with Crippen molar-refractivity contribution in [3.8, 4) is 0 Å². The van der Waals surface area contributed by atoms with Crippen molar-refractivity contribution < 1.29 is 14.7 Å². The van der Waals surface area contributed by atoms with Crippen molar-refractivity contribution in [3.05, 3.63) is 27.2 Å². The van der Waals surface area contributed by atoms with E-state index in [1.165, 1.54) is 7.05 Å². The topological polar surface area (TPSA) is 101 Å². The summed E-state index contributed by atoms with van der Waals surface area (Å²) < 4.78 is 1.08. The maximum Gasteiger partial charge on any atom is 0.326 e. The van der Waals surface area contributed by atoms with Crippen LogP contribution in [0.25, 0.3) is 0 Å². The fourth-order valence-corrected chi connectivity index (χ4v) is 2.01. The lowest BCUT2D eigenvalue weighted by atomic mass is 10.1. The molecule has 1 heterocycles. The number of carboxylic acid groups (broad SMARTS) is 1. The first kappa shape index (κ1) is 16.9. The summed E-state index contributed by atoms with van der Waals surface area (Å²) in [7, 11) is 1.46. The van der Waals surface area contributed by atoms with Crippen LogP contribution in [0, 0.1) is 13.8 Å². The molecule has 0 saturated carbocycles. The van der Waals surface area contributed by atoms with Gasteiger partial charge in [0.15, 0.2) is 0 Å². The Labute approximate surface area is 123 Å². The van der Waals surface area contributed by atoms with Crippen LogP contribution < -0.4 is 10.9 Å². The minimum atomic E-state index is -1.10. The molecule has 7 nitrogen and oxygen atoms in total. The fraction of sp³-hybridized carbons (Fsp3) is 0.571. The van der Waals surface area contributed by atoms with Crippen LogP contribution in [-0.2, 0) is 11.8 Å². The number of nitrogens with one attached hydrogen (secondary N) is 1. The van der Waals surface area contributed by atoms with E-state index in [1.807, 2.05) is 6.92 Å². The van der Waals surface area contributed by atoms with Gasteiger partial charge in [0.05, 0.1) is 5.69 Å². The number of aryl methyl sites for hydroxylation is 2.